The molecule has 0 bridgehead atoms. The Morgan fingerprint density at radius 2 is 1.83 bits per heavy atom. The second-order valence-corrected chi connectivity index (χ2v) is 7.91. The van der Waals surface area contributed by atoms with Gasteiger partial charge in [0, 0.05) is 35.2 Å². The fourth-order valence-electron chi connectivity index (χ4n) is 3.50. The number of carbonyl (C=O) groups is 1. The second-order valence-electron chi connectivity index (χ2n) is 6.85. The molecule has 0 fully saturated rings. The third kappa shape index (κ3) is 3.48. The van der Waals surface area contributed by atoms with Gasteiger partial charge in [-0.05, 0) is 48.5 Å². The molecule has 5 nitrogen and oxygen atoms in total. The lowest BCUT2D eigenvalue weighted by Crippen LogP contribution is -2.12. The Bertz CT molecular complexity index is 1220. The molecule has 0 saturated heterocycles. The molecule has 0 atom stereocenters. The number of halogens is 1. The van der Waals surface area contributed by atoms with E-state index >= 15 is 0 Å². The zero-order valence-corrected chi connectivity index (χ0v) is 16.7. The van der Waals surface area contributed by atoms with Crippen molar-refractivity contribution in [3.8, 4) is 22.5 Å². The number of rotatable bonds is 4. The van der Waals surface area contributed by atoms with E-state index in [2.05, 4.69) is 14.9 Å². The molecule has 0 unspecified atom stereocenters. The van der Waals surface area contributed by atoms with Crippen LogP contribution in [0.25, 0.3) is 22.5 Å². The number of benzene rings is 2. The van der Waals surface area contributed by atoms with E-state index in [1.807, 2.05) is 30.3 Å². The van der Waals surface area contributed by atoms with Crippen LogP contribution in [0.1, 0.15) is 10.4 Å². The molecule has 4 aromatic rings. The highest BCUT2D eigenvalue weighted by molar-refractivity contribution is 7.99. The molecule has 7 heteroatoms. The summed E-state index contributed by atoms with van der Waals surface area (Å²) in [5.41, 5.74) is 4.05. The minimum atomic E-state index is -0.281. The molecule has 3 heterocycles. The molecule has 0 radical (unpaired) electrons. The van der Waals surface area contributed by atoms with E-state index in [4.69, 9.17) is 4.98 Å². The van der Waals surface area contributed by atoms with Gasteiger partial charge in [0.2, 0.25) is 0 Å². The fourth-order valence-corrected chi connectivity index (χ4v) is 4.45. The van der Waals surface area contributed by atoms with Crippen LogP contribution in [0, 0.1) is 5.82 Å². The number of amides is 1. The Balaban J connectivity index is 1.54. The van der Waals surface area contributed by atoms with Gasteiger partial charge in [-0.3, -0.25) is 4.79 Å². The largest absolute Gasteiger partial charge is 0.318 e. The number of thioether (sulfide) groups is 1. The molecule has 0 spiro atoms. The summed E-state index contributed by atoms with van der Waals surface area (Å²) in [5.74, 6) is 0.929. The summed E-state index contributed by atoms with van der Waals surface area (Å²) in [6, 6.07) is 19.1. The van der Waals surface area contributed by atoms with Crippen molar-refractivity contribution in [2.45, 2.75) is 11.7 Å². The summed E-state index contributed by atoms with van der Waals surface area (Å²) >= 11 is 1.70. The van der Waals surface area contributed by atoms with Crippen LogP contribution in [0.2, 0.25) is 0 Å². The van der Waals surface area contributed by atoms with Gasteiger partial charge in [-0.25, -0.2) is 14.4 Å². The van der Waals surface area contributed by atoms with E-state index in [1.54, 1.807) is 42.2 Å². The number of carbonyl (C=O) groups excluding carboxylic acids is 1. The third-order valence-corrected chi connectivity index (χ3v) is 5.86. The van der Waals surface area contributed by atoms with Crippen molar-refractivity contribution >= 4 is 23.5 Å². The normalized spacial score (nSPS) is 12.6. The topological polar surface area (TPSA) is 59.8 Å². The zero-order chi connectivity index (χ0) is 20.5. The van der Waals surface area contributed by atoms with Crippen molar-refractivity contribution in [1.29, 1.82) is 0 Å². The fraction of sp³-hybridized carbons (Fsp3) is 0.0870. The molecule has 2 aromatic heterocycles. The molecule has 1 aliphatic heterocycles. The lowest BCUT2D eigenvalue weighted by Gasteiger charge is -2.10. The van der Waals surface area contributed by atoms with E-state index in [0.29, 0.717) is 11.4 Å². The van der Waals surface area contributed by atoms with Gasteiger partial charge in [0.1, 0.15) is 11.6 Å². The highest BCUT2D eigenvalue weighted by atomic mass is 32.2. The number of pyridine rings is 1. The molecule has 5 rings (SSSR count). The number of imidazole rings is 1. The summed E-state index contributed by atoms with van der Waals surface area (Å²) in [6.45, 7) is 0.845. The first-order valence-electron chi connectivity index (χ1n) is 9.51. The van der Waals surface area contributed by atoms with Crippen molar-refractivity contribution in [3.05, 3.63) is 84.3 Å². The van der Waals surface area contributed by atoms with Gasteiger partial charge in [0.15, 0.2) is 5.16 Å². The Morgan fingerprint density at radius 3 is 2.63 bits per heavy atom. The Kier molecular flexibility index (Phi) is 4.80. The van der Waals surface area contributed by atoms with Gasteiger partial charge in [-0.15, -0.1) is 0 Å². The number of hydrogen-bond acceptors (Lipinski definition) is 4. The minimum absolute atomic E-state index is 0.215. The Morgan fingerprint density at radius 1 is 1.03 bits per heavy atom. The van der Waals surface area contributed by atoms with Crippen LogP contribution >= 0.6 is 11.8 Å². The number of fused-ring (bicyclic) bond motifs is 1. The summed E-state index contributed by atoms with van der Waals surface area (Å²) in [4.78, 5) is 21.6. The van der Waals surface area contributed by atoms with Crippen molar-refractivity contribution in [2.24, 2.45) is 0 Å². The summed E-state index contributed by atoms with van der Waals surface area (Å²) in [6.07, 6.45) is 1.67. The van der Waals surface area contributed by atoms with Crippen molar-refractivity contribution in [2.75, 3.05) is 11.1 Å². The van der Waals surface area contributed by atoms with Gasteiger partial charge < -0.3 is 9.88 Å². The van der Waals surface area contributed by atoms with Gasteiger partial charge in [0.25, 0.3) is 5.91 Å². The average Bonchev–Trinajstić information content (AvgIpc) is 3.36. The number of anilines is 1. The van der Waals surface area contributed by atoms with E-state index in [-0.39, 0.29) is 11.7 Å². The van der Waals surface area contributed by atoms with Crippen LogP contribution in [0.4, 0.5) is 10.2 Å². The van der Waals surface area contributed by atoms with Gasteiger partial charge in [-0.1, -0.05) is 30.0 Å². The number of nitrogens with one attached hydrogen (secondary N) is 1. The minimum Gasteiger partial charge on any atom is -0.318 e. The number of aromatic nitrogens is 3. The lowest BCUT2D eigenvalue weighted by molar-refractivity contribution is 0.102. The predicted octanol–water partition coefficient (Wildman–Crippen LogP) is 5.11. The monoisotopic (exact) mass is 416 g/mol. The highest BCUT2D eigenvalue weighted by Crippen LogP contribution is 2.39. The number of hydrogen-bond donors (Lipinski definition) is 1. The quantitative estimate of drug-likeness (QED) is 0.502. The molecule has 1 aliphatic rings. The molecule has 1 N–H and O–H groups in total. The van der Waals surface area contributed by atoms with Gasteiger partial charge in [0.05, 0.1) is 11.4 Å². The second kappa shape index (κ2) is 7.76. The highest BCUT2D eigenvalue weighted by Gasteiger charge is 2.24. The van der Waals surface area contributed by atoms with Gasteiger partial charge >= 0.3 is 0 Å². The van der Waals surface area contributed by atoms with Crippen LogP contribution < -0.4 is 5.32 Å². The van der Waals surface area contributed by atoms with E-state index < -0.39 is 0 Å². The van der Waals surface area contributed by atoms with E-state index in [1.165, 1.54) is 12.1 Å². The van der Waals surface area contributed by atoms with E-state index in [0.717, 1.165) is 40.0 Å². The van der Waals surface area contributed by atoms with Crippen molar-refractivity contribution in [1.82, 2.24) is 14.5 Å². The molecule has 148 valence electrons. The van der Waals surface area contributed by atoms with Crippen molar-refractivity contribution < 1.29 is 9.18 Å². The maximum atomic E-state index is 13.4. The molecule has 2 aromatic carbocycles. The molecule has 0 aliphatic carbocycles. The smallest absolute Gasteiger partial charge is 0.256 e. The maximum Gasteiger partial charge on any atom is 0.256 e. The average molecular weight is 416 g/mol. The van der Waals surface area contributed by atoms with Crippen molar-refractivity contribution in [3.63, 3.8) is 0 Å². The SMILES string of the molecule is O=C(Nc1cc(-c2c(-c3ccc(F)cc3)nc3n2CCS3)ccn1)c1ccccc1. The Hall–Kier alpha value is -3.45. The predicted molar refractivity (Wildman–Crippen MR) is 116 cm³/mol. The summed E-state index contributed by atoms with van der Waals surface area (Å²) < 4.78 is 15.6. The molecular weight excluding hydrogens is 399 g/mol. The molecule has 30 heavy (non-hydrogen) atoms. The standard InChI is InChI=1S/C23H17FN4OS/c24-18-8-6-15(7-9-18)20-21(28-12-13-30-23(28)27-20)17-10-11-25-19(14-17)26-22(29)16-4-2-1-3-5-16/h1-11,14H,12-13H2,(H,25,26,29). The molecule has 0 saturated carbocycles. The summed E-state index contributed by atoms with van der Waals surface area (Å²) in [5, 5.41) is 3.80. The van der Waals surface area contributed by atoms with Crippen LogP contribution in [0.5, 0.6) is 0 Å². The zero-order valence-electron chi connectivity index (χ0n) is 15.9. The van der Waals surface area contributed by atoms with Crippen LogP contribution in [-0.4, -0.2) is 26.2 Å². The molecular formula is C23H17FN4OS. The van der Waals surface area contributed by atoms with Crippen LogP contribution in [0.3, 0.4) is 0 Å². The van der Waals surface area contributed by atoms with E-state index in [9.17, 15) is 9.18 Å². The third-order valence-electron chi connectivity index (χ3n) is 4.91. The van der Waals surface area contributed by atoms with Crippen LogP contribution in [0.15, 0.2) is 78.1 Å². The molecule has 1 amide bonds. The van der Waals surface area contributed by atoms with Crippen LogP contribution in [-0.2, 0) is 6.54 Å². The van der Waals surface area contributed by atoms with Gasteiger partial charge in [-0.2, -0.15) is 0 Å². The number of nitrogens with zero attached hydrogens (tertiary/aromatic N) is 3. The first kappa shape index (κ1) is 18.6. The Labute approximate surface area is 177 Å². The first-order valence-corrected chi connectivity index (χ1v) is 10.5. The first-order chi connectivity index (χ1) is 14.7. The maximum absolute atomic E-state index is 13.4. The lowest BCUT2D eigenvalue weighted by atomic mass is 10.1. The summed E-state index contributed by atoms with van der Waals surface area (Å²) in [7, 11) is 0.